The molecule has 0 spiro atoms. The van der Waals surface area contributed by atoms with Crippen LogP contribution in [0.15, 0.2) is 30.3 Å². The number of nitrogens with zero attached hydrogens (tertiary/aromatic N) is 1. The monoisotopic (exact) mass is 285 g/mol. The van der Waals surface area contributed by atoms with Crippen LogP contribution in [0.4, 0.5) is 0 Å². The zero-order chi connectivity index (χ0) is 14.6. The summed E-state index contributed by atoms with van der Waals surface area (Å²) in [5, 5.41) is 9.71. The summed E-state index contributed by atoms with van der Waals surface area (Å²) in [6.07, 6.45) is 4.62. The number of carboxylic acids is 1. The number of amides is 1. The van der Waals surface area contributed by atoms with Crippen molar-refractivity contribution < 1.29 is 14.7 Å². The fraction of sp³-hybridized carbons (Fsp3) is 0.529. The normalized spacial score (nSPS) is 36.8. The lowest BCUT2D eigenvalue weighted by Gasteiger charge is -2.26. The number of hydrogen-bond acceptors (Lipinski definition) is 2. The molecule has 1 saturated carbocycles. The molecule has 4 heteroatoms. The maximum absolute atomic E-state index is 13.0. The van der Waals surface area contributed by atoms with Crippen molar-refractivity contribution in [3.8, 4) is 0 Å². The molecule has 110 valence electrons. The highest BCUT2D eigenvalue weighted by molar-refractivity contribution is 6.07. The van der Waals surface area contributed by atoms with Gasteiger partial charge in [-0.05, 0) is 37.7 Å². The molecule has 1 amide bonds. The van der Waals surface area contributed by atoms with Crippen LogP contribution in [0.25, 0.3) is 0 Å². The Labute approximate surface area is 123 Å². The lowest BCUT2D eigenvalue weighted by atomic mass is 9.97. The van der Waals surface area contributed by atoms with E-state index in [0.29, 0.717) is 6.42 Å². The van der Waals surface area contributed by atoms with Crippen molar-refractivity contribution in [2.24, 2.45) is 5.41 Å². The number of carbonyl (C=O) groups excluding carboxylic acids is 1. The van der Waals surface area contributed by atoms with Crippen LogP contribution in [-0.4, -0.2) is 34.0 Å². The van der Waals surface area contributed by atoms with E-state index in [4.69, 9.17) is 0 Å². The van der Waals surface area contributed by atoms with Gasteiger partial charge >= 0.3 is 5.97 Å². The smallest absolute Gasteiger partial charge is 0.319 e. The number of rotatable bonds is 3. The molecule has 0 aromatic heterocycles. The quantitative estimate of drug-likeness (QED) is 0.868. The van der Waals surface area contributed by atoms with E-state index >= 15 is 0 Å². The molecular formula is C17H19NO3. The van der Waals surface area contributed by atoms with Crippen LogP contribution in [0.1, 0.15) is 43.6 Å². The van der Waals surface area contributed by atoms with Gasteiger partial charge in [-0.3, -0.25) is 9.59 Å². The minimum Gasteiger partial charge on any atom is -0.480 e. The standard InChI is InChI=1S/C17H19NO3/c19-15(18-12-6-7-13(18)9-8-12)17(16(20)21)10-14(17)11-4-2-1-3-5-11/h1-5,12-14H,6-10H2,(H,20,21). The largest absolute Gasteiger partial charge is 0.480 e. The Morgan fingerprint density at radius 3 is 2.14 bits per heavy atom. The lowest BCUT2D eigenvalue weighted by Crippen LogP contribution is -2.44. The summed E-state index contributed by atoms with van der Waals surface area (Å²) in [4.78, 5) is 26.7. The summed E-state index contributed by atoms with van der Waals surface area (Å²) in [7, 11) is 0. The molecule has 1 N–H and O–H groups in total. The summed E-state index contributed by atoms with van der Waals surface area (Å²) in [5.41, 5.74) is -0.230. The molecule has 0 radical (unpaired) electrons. The van der Waals surface area contributed by atoms with Crippen molar-refractivity contribution in [3.63, 3.8) is 0 Å². The van der Waals surface area contributed by atoms with Crippen LogP contribution in [0.3, 0.4) is 0 Å². The lowest BCUT2D eigenvalue weighted by molar-refractivity contribution is -0.154. The highest BCUT2D eigenvalue weighted by atomic mass is 16.4. The van der Waals surface area contributed by atoms with E-state index in [1.807, 2.05) is 35.2 Å². The highest BCUT2D eigenvalue weighted by Crippen LogP contribution is 2.61. The molecule has 2 saturated heterocycles. The maximum atomic E-state index is 13.0. The number of fused-ring (bicyclic) bond motifs is 2. The van der Waals surface area contributed by atoms with Crippen LogP contribution >= 0.6 is 0 Å². The molecule has 2 unspecified atom stereocenters. The third kappa shape index (κ3) is 1.68. The molecule has 1 aliphatic carbocycles. The van der Waals surface area contributed by atoms with Gasteiger partial charge in [-0.15, -0.1) is 0 Å². The van der Waals surface area contributed by atoms with Crippen molar-refractivity contribution in [3.05, 3.63) is 35.9 Å². The Kier molecular flexibility index (Phi) is 2.65. The average Bonchev–Trinajstić information content (AvgIpc) is 3.00. The molecule has 1 aromatic carbocycles. The van der Waals surface area contributed by atoms with Gasteiger partial charge in [0.25, 0.3) is 0 Å². The Balaban J connectivity index is 1.65. The average molecular weight is 285 g/mol. The van der Waals surface area contributed by atoms with E-state index < -0.39 is 11.4 Å². The van der Waals surface area contributed by atoms with Gasteiger partial charge in [0.05, 0.1) is 0 Å². The van der Waals surface area contributed by atoms with E-state index in [-0.39, 0.29) is 23.9 Å². The molecule has 4 nitrogen and oxygen atoms in total. The Morgan fingerprint density at radius 2 is 1.62 bits per heavy atom. The first-order valence-electron chi connectivity index (χ1n) is 7.75. The second-order valence-corrected chi connectivity index (χ2v) is 6.62. The molecular weight excluding hydrogens is 266 g/mol. The van der Waals surface area contributed by atoms with Crippen molar-refractivity contribution in [1.29, 1.82) is 0 Å². The Morgan fingerprint density at radius 1 is 1.05 bits per heavy atom. The molecule has 21 heavy (non-hydrogen) atoms. The van der Waals surface area contributed by atoms with Crippen LogP contribution < -0.4 is 0 Å². The summed E-state index contributed by atoms with van der Waals surface area (Å²) in [6, 6.07) is 10.2. The van der Waals surface area contributed by atoms with Gasteiger partial charge in [0, 0.05) is 18.0 Å². The molecule has 2 atom stereocenters. The third-order valence-electron chi connectivity index (χ3n) is 5.61. The zero-order valence-electron chi connectivity index (χ0n) is 11.9. The summed E-state index contributed by atoms with van der Waals surface area (Å²) in [5.74, 6) is -1.25. The van der Waals surface area contributed by atoms with Crippen LogP contribution in [0.2, 0.25) is 0 Å². The van der Waals surface area contributed by atoms with Crippen LogP contribution in [-0.2, 0) is 9.59 Å². The predicted molar refractivity (Wildman–Crippen MR) is 76.8 cm³/mol. The first kappa shape index (κ1) is 12.9. The van der Waals surface area contributed by atoms with Crippen molar-refractivity contribution in [1.82, 2.24) is 4.90 Å². The minimum atomic E-state index is -1.20. The highest BCUT2D eigenvalue weighted by Gasteiger charge is 2.69. The Hall–Kier alpha value is -1.84. The molecule has 1 aromatic rings. The van der Waals surface area contributed by atoms with Gasteiger partial charge < -0.3 is 10.0 Å². The number of carbonyl (C=O) groups is 2. The second kappa shape index (κ2) is 4.33. The zero-order valence-corrected chi connectivity index (χ0v) is 11.9. The van der Waals surface area contributed by atoms with Crippen LogP contribution in [0.5, 0.6) is 0 Å². The molecule has 3 aliphatic rings. The van der Waals surface area contributed by atoms with Gasteiger partial charge in [0.15, 0.2) is 5.41 Å². The molecule has 2 bridgehead atoms. The van der Waals surface area contributed by atoms with Crippen molar-refractivity contribution in [2.45, 2.75) is 50.1 Å². The number of benzene rings is 1. The Bertz CT molecular complexity index is 579. The summed E-state index contributed by atoms with van der Waals surface area (Å²) in [6.45, 7) is 0. The SMILES string of the molecule is O=C(O)C1(C(=O)N2C3CCC2CC3)CC1c1ccccc1. The molecule has 4 rings (SSSR count). The summed E-state index contributed by atoms with van der Waals surface area (Å²) < 4.78 is 0. The van der Waals surface area contributed by atoms with Crippen molar-refractivity contribution in [2.75, 3.05) is 0 Å². The van der Waals surface area contributed by atoms with E-state index in [1.54, 1.807) is 0 Å². The number of carboxylic acid groups (broad SMARTS) is 1. The minimum absolute atomic E-state index is 0.131. The van der Waals surface area contributed by atoms with E-state index in [0.717, 1.165) is 31.2 Å². The van der Waals surface area contributed by atoms with Gasteiger partial charge in [-0.25, -0.2) is 0 Å². The predicted octanol–water partition coefficient (Wildman–Crippen LogP) is 2.40. The summed E-state index contributed by atoms with van der Waals surface area (Å²) >= 11 is 0. The van der Waals surface area contributed by atoms with E-state index in [1.165, 1.54) is 0 Å². The van der Waals surface area contributed by atoms with Gasteiger partial charge in [0.1, 0.15) is 0 Å². The van der Waals surface area contributed by atoms with E-state index in [9.17, 15) is 14.7 Å². The molecule has 2 aliphatic heterocycles. The second-order valence-electron chi connectivity index (χ2n) is 6.62. The number of hydrogen-bond donors (Lipinski definition) is 1. The van der Waals surface area contributed by atoms with Crippen molar-refractivity contribution >= 4 is 11.9 Å². The first-order chi connectivity index (χ1) is 10.1. The third-order valence-corrected chi connectivity index (χ3v) is 5.61. The van der Waals surface area contributed by atoms with Crippen LogP contribution in [0, 0.1) is 5.41 Å². The molecule has 2 heterocycles. The topological polar surface area (TPSA) is 57.6 Å². The van der Waals surface area contributed by atoms with E-state index in [2.05, 4.69) is 0 Å². The van der Waals surface area contributed by atoms with Gasteiger partial charge in [-0.1, -0.05) is 30.3 Å². The van der Waals surface area contributed by atoms with Gasteiger partial charge in [-0.2, -0.15) is 0 Å². The molecule has 3 fully saturated rings. The fourth-order valence-electron chi connectivity index (χ4n) is 4.39. The first-order valence-corrected chi connectivity index (χ1v) is 7.75. The maximum Gasteiger partial charge on any atom is 0.319 e. The fourth-order valence-corrected chi connectivity index (χ4v) is 4.39. The van der Waals surface area contributed by atoms with Gasteiger partial charge in [0.2, 0.25) is 5.91 Å². The number of aliphatic carboxylic acids is 1.